The van der Waals surface area contributed by atoms with Gasteiger partial charge in [0.1, 0.15) is 10.7 Å². The van der Waals surface area contributed by atoms with Gasteiger partial charge in [-0.1, -0.05) is 12.2 Å². The van der Waals surface area contributed by atoms with Gasteiger partial charge in [-0.3, -0.25) is 9.13 Å². The fraction of sp³-hybridized carbons (Fsp3) is 0.333. The first-order valence-corrected chi connectivity index (χ1v) is 7.25. The van der Waals surface area contributed by atoms with Gasteiger partial charge in [-0.05, 0) is 31.0 Å². The molecule has 110 valence electrons. The van der Waals surface area contributed by atoms with Gasteiger partial charge in [-0.2, -0.15) is 0 Å². The highest BCUT2D eigenvalue weighted by Gasteiger charge is 2.25. The van der Waals surface area contributed by atoms with Crippen LogP contribution < -0.4 is 16.2 Å². The number of hydrogen-bond donors (Lipinski definition) is 1. The molecule has 1 saturated carbocycles. The van der Waals surface area contributed by atoms with Crippen molar-refractivity contribution in [1.82, 2.24) is 9.13 Å². The van der Waals surface area contributed by atoms with Crippen molar-refractivity contribution >= 4 is 17.2 Å². The smallest absolute Gasteiger partial charge is 0.328 e. The Hall–Kier alpha value is -2.08. The molecular formula is C15H17N3O2S. The molecule has 1 aromatic carbocycles. The lowest BCUT2D eigenvalue weighted by molar-refractivity contribution is 0.408. The molecule has 1 fully saturated rings. The summed E-state index contributed by atoms with van der Waals surface area (Å²) < 4.78 is 8.83. The van der Waals surface area contributed by atoms with Crippen LogP contribution in [-0.2, 0) is 6.54 Å². The second-order valence-electron chi connectivity index (χ2n) is 5.24. The highest BCUT2D eigenvalue weighted by atomic mass is 32.1. The maximum atomic E-state index is 12.3. The number of aromatic nitrogens is 2. The minimum absolute atomic E-state index is 0.0141. The highest BCUT2D eigenvalue weighted by molar-refractivity contribution is 7.80. The second-order valence-corrected chi connectivity index (χ2v) is 5.68. The summed E-state index contributed by atoms with van der Waals surface area (Å²) in [7, 11) is 1.61. The molecule has 2 aromatic rings. The Morgan fingerprint density at radius 3 is 2.81 bits per heavy atom. The minimum atomic E-state index is 0.0141. The van der Waals surface area contributed by atoms with Crippen molar-refractivity contribution in [1.29, 1.82) is 0 Å². The largest absolute Gasteiger partial charge is 0.496 e. The molecule has 0 saturated heterocycles. The number of imidazole rings is 1. The lowest BCUT2D eigenvalue weighted by Crippen LogP contribution is -2.24. The Labute approximate surface area is 127 Å². The second kappa shape index (κ2) is 5.37. The molecule has 3 rings (SSSR count). The molecule has 2 N–H and O–H groups in total. The SMILES string of the molecule is COc1ccc(C(N)=S)cc1Cn1ccn(C2CC2)c1=O. The summed E-state index contributed by atoms with van der Waals surface area (Å²) >= 11 is 5.00. The lowest BCUT2D eigenvalue weighted by Gasteiger charge is -2.10. The fourth-order valence-electron chi connectivity index (χ4n) is 2.42. The average Bonchev–Trinajstić information content (AvgIpc) is 3.25. The summed E-state index contributed by atoms with van der Waals surface area (Å²) in [5, 5.41) is 0. The number of nitrogens with two attached hydrogens (primary N) is 1. The number of nitrogens with zero attached hydrogens (tertiary/aromatic N) is 2. The molecule has 0 amide bonds. The fourth-order valence-corrected chi connectivity index (χ4v) is 2.54. The van der Waals surface area contributed by atoms with E-state index in [-0.39, 0.29) is 5.69 Å². The van der Waals surface area contributed by atoms with Gasteiger partial charge < -0.3 is 10.5 Å². The summed E-state index contributed by atoms with van der Waals surface area (Å²) in [5.74, 6) is 0.723. The third-order valence-corrected chi connectivity index (χ3v) is 3.96. The van der Waals surface area contributed by atoms with Gasteiger partial charge in [0.15, 0.2) is 0 Å². The Morgan fingerprint density at radius 2 is 2.19 bits per heavy atom. The van der Waals surface area contributed by atoms with Crippen LogP contribution in [0.25, 0.3) is 0 Å². The number of hydrogen-bond acceptors (Lipinski definition) is 3. The summed E-state index contributed by atoms with van der Waals surface area (Å²) in [6.07, 6.45) is 5.84. The van der Waals surface area contributed by atoms with Crippen molar-refractivity contribution in [2.24, 2.45) is 5.73 Å². The molecule has 0 radical (unpaired) electrons. The van der Waals surface area contributed by atoms with Crippen molar-refractivity contribution < 1.29 is 4.74 Å². The number of rotatable bonds is 5. The van der Waals surface area contributed by atoms with Crippen LogP contribution in [0, 0.1) is 0 Å². The monoisotopic (exact) mass is 303 g/mol. The Bertz CT molecular complexity index is 744. The van der Waals surface area contributed by atoms with Crippen LogP contribution in [-0.4, -0.2) is 21.2 Å². The maximum Gasteiger partial charge on any atom is 0.328 e. The van der Waals surface area contributed by atoms with Gasteiger partial charge in [-0.25, -0.2) is 4.79 Å². The van der Waals surface area contributed by atoms with Gasteiger partial charge in [0.25, 0.3) is 0 Å². The Morgan fingerprint density at radius 1 is 1.43 bits per heavy atom. The first kappa shape index (κ1) is 13.9. The molecule has 1 aliphatic carbocycles. The van der Waals surface area contributed by atoms with Crippen molar-refractivity contribution in [2.45, 2.75) is 25.4 Å². The normalized spacial score (nSPS) is 14.1. The van der Waals surface area contributed by atoms with Crippen molar-refractivity contribution in [2.75, 3.05) is 7.11 Å². The minimum Gasteiger partial charge on any atom is -0.496 e. The average molecular weight is 303 g/mol. The van der Waals surface area contributed by atoms with E-state index in [1.165, 1.54) is 0 Å². The summed E-state index contributed by atoms with van der Waals surface area (Å²) in [5.41, 5.74) is 7.34. The number of methoxy groups -OCH3 is 1. The number of benzene rings is 1. The van der Waals surface area contributed by atoms with Crippen LogP contribution >= 0.6 is 12.2 Å². The Kier molecular flexibility index (Phi) is 3.55. The molecule has 0 aliphatic heterocycles. The van der Waals surface area contributed by atoms with Crippen molar-refractivity contribution in [3.05, 3.63) is 52.2 Å². The zero-order valence-corrected chi connectivity index (χ0v) is 12.6. The van der Waals surface area contributed by atoms with Crippen molar-refractivity contribution in [3.8, 4) is 5.75 Å². The molecule has 1 heterocycles. The number of thiocarbonyl (C=S) groups is 1. The van der Waals surface area contributed by atoms with E-state index in [4.69, 9.17) is 22.7 Å². The molecule has 1 aliphatic rings. The third kappa shape index (κ3) is 2.71. The van der Waals surface area contributed by atoms with E-state index >= 15 is 0 Å². The summed E-state index contributed by atoms with van der Waals surface area (Å²) in [6, 6.07) is 5.90. The standard InChI is InChI=1S/C15H17N3O2S/c1-20-13-5-2-10(14(16)21)8-11(13)9-17-6-7-18(15(17)19)12-3-4-12/h2,5-8,12H,3-4,9H2,1H3,(H2,16,21). The van der Waals surface area contributed by atoms with Crippen LogP contribution in [0.3, 0.4) is 0 Å². The zero-order chi connectivity index (χ0) is 15.0. The van der Waals surface area contributed by atoms with E-state index in [9.17, 15) is 4.79 Å². The van der Waals surface area contributed by atoms with E-state index in [2.05, 4.69) is 0 Å². The maximum absolute atomic E-state index is 12.3. The molecule has 1 aromatic heterocycles. The molecule has 0 bridgehead atoms. The van der Waals surface area contributed by atoms with Crippen LogP contribution in [0.4, 0.5) is 0 Å². The van der Waals surface area contributed by atoms with Gasteiger partial charge in [-0.15, -0.1) is 0 Å². The third-order valence-electron chi connectivity index (χ3n) is 3.72. The molecule has 0 atom stereocenters. The van der Waals surface area contributed by atoms with E-state index in [1.807, 2.05) is 30.6 Å². The van der Waals surface area contributed by atoms with Crippen LogP contribution in [0.2, 0.25) is 0 Å². The van der Waals surface area contributed by atoms with E-state index in [0.717, 1.165) is 29.7 Å². The molecule has 21 heavy (non-hydrogen) atoms. The molecule has 5 nitrogen and oxygen atoms in total. The lowest BCUT2D eigenvalue weighted by atomic mass is 10.1. The van der Waals surface area contributed by atoms with Gasteiger partial charge in [0.05, 0.1) is 13.7 Å². The molecule has 0 spiro atoms. The van der Waals surface area contributed by atoms with Crippen LogP contribution in [0.5, 0.6) is 5.75 Å². The zero-order valence-electron chi connectivity index (χ0n) is 11.8. The first-order valence-electron chi connectivity index (χ1n) is 6.84. The van der Waals surface area contributed by atoms with E-state index in [0.29, 0.717) is 17.6 Å². The van der Waals surface area contributed by atoms with Crippen LogP contribution in [0.1, 0.15) is 30.0 Å². The first-order chi connectivity index (χ1) is 10.1. The predicted octanol–water partition coefficient (Wildman–Crippen LogP) is 1.68. The predicted molar refractivity (Wildman–Crippen MR) is 84.9 cm³/mol. The quantitative estimate of drug-likeness (QED) is 0.854. The molecular weight excluding hydrogens is 286 g/mol. The summed E-state index contributed by atoms with van der Waals surface area (Å²) in [6.45, 7) is 0.443. The van der Waals surface area contributed by atoms with Gasteiger partial charge >= 0.3 is 5.69 Å². The van der Waals surface area contributed by atoms with Crippen LogP contribution in [0.15, 0.2) is 35.4 Å². The van der Waals surface area contributed by atoms with Gasteiger partial charge in [0.2, 0.25) is 0 Å². The van der Waals surface area contributed by atoms with E-state index < -0.39 is 0 Å². The highest BCUT2D eigenvalue weighted by Crippen LogP contribution is 2.33. The van der Waals surface area contributed by atoms with Crippen molar-refractivity contribution in [3.63, 3.8) is 0 Å². The summed E-state index contributed by atoms with van der Waals surface area (Å²) in [4.78, 5) is 12.6. The van der Waals surface area contributed by atoms with Gasteiger partial charge in [0, 0.05) is 29.6 Å². The Balaban J connectivity index is 1.94. The van der Waals surface area contributed by atoms with E-state index in [1.54, 1.807) is 16.2 Å². The molecule has 6 heteroatoms. The topological polar surface area (TPSA) is 62.2 Å². The number of ether oxygens (including phenoxy) is 1. The molecule has 0 unspecified atom stereocenters.